The van der Waals surface area contributed by atoms with Crippen LogP contribution in [-0.4, -0.2) is 18.0 Å². The number of nitriles is 1. The van der Waals surface area contributed by atoms with Gasteiger partial charge in [0.05, 0.1) is 12.6 Å². The molecule has 0 aromatic heterocycles. The second kappa shape index (κ2) is 5.84. The average Bonchev–Trinajstić information content (AvgIpc) is 3.24. The Morgan fingerprint density at radius 1 is 1.55 bits per heavy atom. The summed E-state index contributed by atoms with van der Waals surface area (Å²) in [4.78, 5) is 12.0. The number of nitrogens with zero attached hydrogens (tertiary/aromatic N) is 1. The standard InChI is InChI=1S/C15H18BrN3O/c1-10-3-6-12(16)7-13(10)18-8-14(20)19-15(2,9-17)11-4-5-11/h3,6-7,11,18H,4-5,8H2,1-2H3,(H,19,20). The number of benzene rings is 1. The summed E-state index contributed by atoms with van der Waals surface area (Å²) < 4.78 is 0.964. The Morgan fingerprint density at radius 3 is 2.85 bits per heavy atom. The van der Waals surface area contributed by atoms with Crippen molar-refractivity contribution in [1.29, 1.82) is 5.26 Å². The van der Waals surface area contributed by atoms with Gasteiger partial charge < -0.3 is 10.6 Å². The number of nitrogens with one attached hydrogen (secondary N) is 2. The average molecular weight is 336 g/mol. The highest BCUT2D eigenvalue weighted by molar-refractivity contribution is 9.10. The fourth-order valence-corrected chi connectivity index (χ4v) is 2.54. The van der Waals surface area contributed by atoms with E-state index in [0.717, 1.165) is 28.6 Å². The lowest BCUT2D eigenvalue weighted by Gasteiger charge is -2.23. The van der Waals surface area contributed by atoms with Crippen molar-refractivity contribution < 1.29 is 4.79 Å². The van der Waals surface area contributed by atoms with Gasteiger partial charge in [-0.25, -0.2) is 0 Å². The number of hydrogen-bond donors (Lipinski definition) is 2. The number of anilines is 1. The summed E-state index contributed by atoms with van der Waals surface area (Å²) >= 11 is 3.41. The molecule has 1 aliphatic rings. The van der Waals surface area contributed by atoms with Crippen molar-refractivity contribution in [3.05, 3.63) is 28.2 Å². The molecule has 1 aromatic rings. The van der Waals surface area contributed by atoms with E-state index in [2.05, 4.69) is 32.6 Å². The maximum atomic E-state index is 12.0. The van der Waals surface area contributed by atoms with Crippen LogP contribution in [0.1, 0.15) is 25.3 Å². The maximum Gasteiger partial charge on any atom is 0.240 e. The number of carbonyl (C=O) groups excluding carboxylic acids is 1. The van der Waals surface area contributed by atoms with Gasteiger partial charge in [-0.1, -0.05) is 22.0 Å². The minimum absolute atomic E-state index is 0.152. The summed E-state index contributed by atoms with van der Waals surface area (Å²) in [7, 11) is 0. The molecule has 1 aliphatic carbocycles. The van der Waals surface area contributed by atoms with Crippen LogP contribution in [0, 0.1) is 24.2 Å². The first-order valence-electron chi connectivity index (χ1n) is 6.67. The highest BCUT2D eigenvalue weighted by Gasteiger charge is 2.42. The van der Waals surface area contributed by atoms with E-state index in [-0.39, 0.29) is 12.5 Å². The lowest BCUT2D eigenvalue weighted by atomic mass is 9.98. The summed E-state index contributed by atoms with van der Waals surface area (Å²) in [6.45, 7) is 3.95. The van der Waals surface area contributed by atoms with Gasteiger partial charge in [-0.15, -0.1) is 0 Å². The molecule has 1 amide bonds. The molecule has 5 heteroatoms. The van der Waals surface area contributed by atoms with Gasteiger partial charge in [-0.2, -0.15) is 5.26 Å². The topological polar surface area (TPSA) is 64.9 Å². The van der Waals surface area contributed by atoms with Gasteiger partial charge in [0.15, 0.2) is 0 Å². The quantitative estimate of drug-likeness (QED) is 0.869. The molecule has 2 N–H and O–H groups in total. The van der Waals surface area contributed by atoms with Gasteiger partial charge in [0.2, 0.25) is 5.91 Å². The van der Waals surface area contributed by atoms with Crippen LogP contribution >= 0.6 is 15.9 Å². The van der Waals surface area contributed by atoms with Crippen LogP contribution < -0.4 is 10.6 Å². The SMILES string of the molecule is Cc1ccc(Br)cc1NCC(=O)NC(C)(C#N)C1CC1. The molecule has 1 unspecified atom stereocenters. The second-order valence-electron chi connectivity index (χ2n) is 5.45. The fraction of sp³-hybridized carbons (Fsp3) is 0.467. The number of carbonyl (C=O) groups is 1. The lowest BCUT2D eigenvalue weighted by Crippen LogP contribution is -2.48. The van der Waals surface area contributed by atoms with Crippen molar-refractivity contribution in [2.45, 2.75) is 32.2 Å². The van der Waals surface area contributed by atoms with Crippen molar-refractivity contribution in [2.75, 3.05) is 11.9 Å². The predicted octanol–water partition coefficient (Wildman–Crippen LogP) is 2.98. The number of aryl methyl sites for hydroxylation is 1. The van der Waals surface area contributed by atoms with E-state index >= 15 is 0 Å². The molecular formula is C15H18BrN3O. The number of rotatable bonds is 5. The molecular weight excluding hydrogens is 318 g/mol. The third-order valence-electron chi connectivity index (χ3n) is 3.66. The van der Waals surface area contributed by atoms with Gasteiger partial charge in [0.1, 0.15) is 5.54 Å². The van der Waals surface area contributed by atoms with E-state index in [1.54, 1.807) is 6.92 Å². The molecule has 20 heavy (non-hydrogen) atoms. The molecule has 1 atom stereocenters. The zero-order valence-corrected chi connectivity index (χ0v) is 13.3. The Hall–Kier alpha value is -1.54. The lowest BCUT2D eigenvalue weighted by molar-refractivity contribution is -0.120. The van der Waals surface area contributed by atoms with Gasteiger partial charge in [-0.3, -0.25) is 4.79 Å². The Balaban J connectivity index is 1.92. The van der Waals surface area contributed by atoms with Crippen LogP contribution in [0.3, 0.4) is 0 Å². The summed E-state index contributed by atoms with van der Waals surface area (Å²) in [6, 6.07) is 8.10. The number of halogens is 1. The van der Waals surface area contributed by atoms with Crippen molar-refractivity contribution in [3.8, 4) is 6.07 Å². The molecule has 1 fully saturated rings. The first kappa shape index (κ1) is 14.9. The Bertz CT molecular complexity index is 563. The zero-order chi connectivity index (χ0) is 14.8. The van der Waals surface area contributed by atoms with Gasteiger partial charge >= 0.3 is 0 Å². The van der Waals surface area contributed by atoms with E-state index in [9.17, 15) is 10.1 Å². The van der Waals surface area contributed by atoms with E-state index in [4.69, 9.17) is 0 Å². The van der Waals surface area contributed by atoms with E-state index in [0.29, 0.717) is 5.92 Å². The molecule has 0 spiro atoms. The molecule has 1 aromatic carbocycles. The van der Waals surface area contributed by atoms with Gasteiger partial charge in [0.25, 0.3) is 0 Å². The molecule has 0 saturated heterocycles. The summed E-state index contributed by atoms with van der Waals surface area (Å²) in [5.74, 6) is 0.143. The van der Waals surface area contributed by atoms with Crippen molar-refractivity contribution in [3.63, 3.8) is 0 Å². The molecule has 0 bridgehead atoms. The van der Waals surface area contributed by atoms with E-state index < -0.39 is 5.54 Å². The van der Waals surface area contributed by atoms with Crippen LogP contribution in [0.15, 0.2) is 22.7 Å². The van der Waals surface area contributed by atoms with Crippen LogP contribution in [0.5, 0.6) is 0 Å². The smallest absolute Gasteiger partial charge is 0.240 e. The van der Waals surface area contributed by atoms with Crippen molar-refractivity contribution >= 4 is 27.5 Å². The molecule has 0 radical (unpaired) electrons. The molecule has 0 aliphatic heterocycles. The molecule has 4 nitrogen and oxygen atoms in total. The molecule has 0 heterocycles. The number of amides is 1. The van der Waals surface area contributed by atoms with Gasteiger partial charge in [-0.05, 0) is 50.3 Å². The summed E-state index contributed by atoms with van der Waals surface area (Å²) in [6.07, 6.45) is 2.03. The monoisotopic (exact) mass is 335 g/mol. The highest BCUT2D eigenvalue weighted by atomic mass is 79.9. The van der Waals surface area contributed by atoms with Crippen molar-refractivity contribution in [2.24, 2.45) is 5.92 Å². The minimum Gasteiger partial charge on any atom is -0.376 e. The van der Waals surface area contributed by atoms with Crippen LogP contribution in [0.2, 0.25) is 0 Å². The zero-order valence-electron chi connectivity index (χ0n) is 11.7. The second-order valence-corrected chi connectivity index (χ2v) is 6.37. The van der Waals surface area contributed by atoms with E-state index in [1.807, 2.05) is 25.1 Å². The van der Waals surface area contributed by atoms with Crippen LogP contribution in [0.4, 0.5) is 5.69 Å². The van der Waals surface area contributed by atoms with Crippen molar-refractivity contribution in [1.82, 2.24) is 5.32 Å². The predicted molar refractivity (Wildman–Crippen MR) is 82.3 cm³/mol. The van der Waals surface area contributed by atoms with Gasteiger partial charge in [0, 0.05) is 10.2 Å². The highest BCUT2D eigenvalue weighted by Crippen LogP contribution is 2.39. The fourth-order valence-electron chi connectivity index (χ4n) is 2.18. The van der Waals surface area contributed by atoms with E-state index in [1.165, 1.54) is 0 Å². The van der Waals surface area contributed by atoms with Crippen LogP contribution in [0.25, 0.3) is 0 Å². The summed E-state index contributed by atoms with van der Waals surface area (Å²) in [5, 5.41) is 15.2. The third kappa shape index (κ3) is 3.51. The molecule has 2 rings (SSSR count). The maximum absolute atomic E-state index is 12.0. The normalized spacial score (nSPS) is 16.9. The first-order valence-corrected chi connectivity index (χ1v) is 7.46. The Labute approximate surface area is 127 Å². The molecule has 1 saturated carbocycles. The Kier molecular flexibility index (Phi) is 4.34. The third-order valence-corrected chi connectivity index (χ3v) is 4.16. The summed E-state index contributed by atoms with van der Waals surface area (Å²) in [5.41, 5.74) is 1.26. The van der Waals surface area contributed by atoms with Crippen LogP contribution in [-0.2, 0) is 4.79 Å². The largest absolute Gasteiger partial charge is 0.376 e. The first-order chi connectivity index (χ1) is 9.44. The number of hydrogen-bond acceptors (Lipinski definition) is 3. The molecule has 106 valence electrons. The minimum atomic E-state index is -0.731. The Morgan fingerprint density at radius 2 is 2.25 bits per heavy atom.